The Morgan fingerprint density at radius 1 is 0.745 bits per heavy atom. The van der Waals surface area contributed by atoms with Crippen LogP contribution >= 0.6 is 0 Å². The maximum Gasteiger partial charge on any atom is 0.421 e. The fourth-order valence-electron chi connectivity index (χ4n) is 7.77. The largest absolute Gasteiger partial charge is 0.461 e. The molecule has 0 saturated carbocycles. The van der Waals surface area contributed by atoms with E-state index in [4.69, 9.17) is 9.47 Å². The Morgan fingerprint density at radius 2 is 1.29 bits per heavy atom. The molecule has 3 amide bonds. The van der Waals surface area contributed by atoms with Gasteiger partial charge in [-0.15, -0.1) is 0 Å². The van der Waals surface area contributed by atoms with E-state index in [9.17, 15) is 9.59 Å². The van der Waals surface area contributed by atoms with Gasteiger partial charge in [0.25, 0.3) is 11.8 Å². The molecule has 7 rings (SSSR count). The third kappa shape index (κ3) is 5.19. The van der Waals surface area contributed by atoms with Crippen LogP contribution in [0.1, 0.15) is 43.0 Å². The standard InChI is InChI=1S/C39H34F3N3O6/c1-36(2,3)51-35(49)45-29-21-13-10-18-26(29)37(33(45)47)30(32(46)50-23-25-16-8-5-9-17-25)31(39(40,41)42)43-38(37)27-19-11-12-20-28(27)44(34(38)48)22-24-14-6-4-7-15-24/h4-21,30-31,43H,22-23H2,1-3H3/t30-,31-,37+,38-/m1/s1. The summed E-state index contributed by atoms with van der Waals surface area (Å²) in [6.07, 6.45) is -6.34. The van der Waals surface area contributed by atoms with Crippen LogP contribution in [0.15, 0.2) is 109 Å². The Labute approximate surface area is 291 Å². The second-order valence-corrected chi connectivity index (χ2v) is 13.8. The molecule has 3 heterocycles. The van der Waals surface area contributed by atoms with Gasteiger partial charge in [0.1, 0.15) is 35.1 Å². The number of benzene rings is 4. The highest BCUT2D eigenvalue weighted by atomic mass is 19.4. The van der Waals surface area contributed by atoms with Gasteiger partial charge in [-0.2, -0.15) is 13.2 Å². The van der Waals surface area contributed by atoms with Crippen LogP contribution in [0, 0.1) is 5.92 Å². The molecule has 3 aliphatic rings. The smallest absolute Gasteiger partial charge is 0.421 e. The van der Waals surface area contributed by atoms with Crippen molar-refractivity contribution in [1.29, 1.82) is 0 Å². The average Bonchev–Trinajstić information content (AvgIpc) is 3.65. The summed E-state index contributed by atoms with van der Waals surface area (Å²) in [5.41, 5.74) is -5.07. The van der Waals surface area contributed by atoms with Crippen molar-refractivity contribution in [3.05, 3.63) is 131 Å². The number of nitrogens with one attached hydrogen (secondary N) is 1. The Hall–Kier alpha value is -5.49. The molecule has 1 fully saturated rings. The predicted molar refractivity (Wildman–Crippen MR) is 180 cm³/mol. The average molecular weight is 698 g/mol. The van der Waals surface area contributed by atoms with Crippen LogP contribution in [-0.2, 0) is 48.0 Å². The molecule has 1 N–H and O–H groups in total. The molecule has 4 aromatic carbocycles. The summed E-state index contributed by atoms with van der Waals surface area (Å²) in [6, 6.07) is 26.5. The van der Waals surface area contributed by atoms with Crippen LogP contribution in [-0.4, -0.2) is 41.7 Å². The van der Waals surface area contributed by atoms with Gasteiger partial charge in [0.2, 0.25) is 0 Å². The van der Waals surface area contributed by atoms with Crippen molar-refractivity contribution >= 4 is 35.3 Å². The second-order valence-electron chi connectivity index (χ2n) is 13.8. The summed E-state index contributed by atoms with van der Waals surface area (Å²) in [6.45, 7) is 4.27. The highest BCUT2D eigenvalue weighted by Gasteiger charge is 2.83. The highest BCUT2D eigenvalue weighted by Crippen LogP contribution is 2.65. The molecule has 3 aliphatic heterocycles. The van der Waals surface area contributed by atoms with Gasteiger partial charge in [0.05, 0.1) is 12.2 Å². The molecular formula is C39H34F3N3O6. The first-order chi connectivity index (χ1) is 24.2. The number of rotatable bonds is 5. The lowest BCUT2D eigenvalue weighted by atomic mass is 9.58. The highest BCUT2D eigenvalue weighted by molar-refractivity contribution is 6.27. The quantitative estimate of drug-likeness (QED) is 0.236. The number of alkyl halides is 3. The first-order valence-corrected chi connectivity index (χ1v) is 16.4. The third-order valence-corrected chi connectivity index (χ3v) is 9.63. The van der Waals surface area contributed by atoms with Gasteiger partial charge in [0.15, 0.2) is 0 Å². The molecule has 2 spiro atoms. The van der Waals surface area contributed by atoms with E-state index in [2.05, 4.69) is 5.32 Å². The number of carbonyl (C=O) groups excluding carboxylic acids is 4. The van der Waals surface area contributed by atoms with E-state index in [0.717, 1.165) is 0 Å². The summed E-state index contributed by atoms with van der Waals surface area (Å²) in [7, 11) is 0. The van der Waals surface area contributed by atoms with Gasteiger partial charge in [-0.25, -0.2) is 9.69 Å². The fourth-order valence-corrected chi connectivity index (χ4v) is 7.77. The Balaban J connectivity index is 1.51. The van der Waals surface area contributed by atoms with Crippen molar-refractivity contribution < 1.29 is 41.8 Å². The van der Waals surface area contributed by atoms with E-state index in [1.807, 2.05) is 0 Å². The lowest BCUT2D eigenvalue weighted by Crippen LogP contribution is -2.64. The maximum absolute atomic E-state index is 15.5. The van der Waals surface area contributed by atoms with E-state index in [1.165, 1.54) is 35.2 Å². The zero-order valence-electron chi connectivity index (χ0n) is 27.9. The molecular weight excluding hydrogens is 663 g/mol. The Kier molecular flexibility index (Phi) is 8.05. The van der Waals surface area contributed by atoms with Crippen LogP contribution < -0.4 is 15.1 Å². The monoisotopic (exact) mass is 697 g/mol. The summed E-state index contributed by atoms with van der Waals surface area (Å²) >= 11 is 0. The van der Waals surface area contributed by atoms with Crippen molar-refractivity contribution in [2.24, 2.45) is 5.92 Å². The van der Waals surface area contributed by atoms with Crippen molar-refractivity contribution in [2.45, 2.75) is 62.7 Å². The number of amides is 3. The van der Waals surface area contributed by atoms with Crippen molar-refractivity contribution in [3.63, 3.8) is 0 Å². The van der Waals surface area contributed by atoms with Crippen LogP contribution in [0.3, 0.4) is 0 Å². The number of para-hydroxylation sites is 2. The SMILES string of the molecule is CC(C)(C)OC(=O)N1C(=O)[C@]2(c3ccccc31)[C@@H](C(=O)OCc1ccccc1)[C@H](C(F)(F)F)N[C@]21C(=O)N(Cc2ccccc2)c2ccccc21. The normalized spacial score (nSPS) is 23.9. The number of hydrogen-bond donors (Lipinski definition) is 1. The third-order valence-electron chi connectivity index (χ3n) is 9.63. The minimum absolute atomic E-state index is 0.0488. The molecule has 0 aliphatic carbocycles. The van der Waals surface area contributed by atoms with Crippen molar-refractivity contribution in [1.82, 2.24) is 5.32 Å². The molecule has 0 bridgehead atoms. The van der Waals surface area contributed by atoms with Crippen LogP contribution in [0.25, 0.3) is 0 Å². The lowest BCUT2D eigenvalue weighted by Gasteiger charge is -2.40. The molecule has 4 atom stereocenters. The van der Waals surface area contributed by atoms with Gasteiger partial charge in [-0.1, -0.05) is 97.1 Å². The first-order valence-electron chi connectivity index (χ1n) is 16.4. The molecule has 262 valence electrons. The zero-order valence-corrected chi connectivity index (χ0v) is 27.9. The van der Waals surface area contributed by atoms with Crippen LogP contribution in [0.2, 0.25) is 0 Å². The number of nitrogens with zero attached hydrogens (tertiary/aromatic N) is 2. The first kappa shape index (κ1) is 34.0. The molecule has 0 unspecified atom stereocenters. The molecule has 0 radical (unpaired) electrons. The summed E-state index contributed by atoms with van der Waals surface area (Å²) in [5, 5.41) is 2.55. The number of fused-ring (bicyclic) bond motifs is 5. The number of anilines is 2. The second kappa shape index (κ2) is 12.1. The maximum atomic E-state index is 15.5. The Bertz CT molecular complexity index is 2030. The number of esters is 1. The van der Waals surface area contributed by atoms with Crippen molar-refractivity contribution in [3.8, 4) is 0 Å². The van der Waals surface area contributed by atoms with Gasteiger partial charge in [-0.05, 0) is 49.6 Å². The van der Waals surface area contributed by atoms with Crippen LogP contribution in [0.4, 0.5) is 29.3 Å². The molecule has 12 heteroatoms. The molecule has 51 heavy (non-hydrogen) atoms. The minimum Gasteiger partial charge on any atom is -0.461 e. The van der Waals surface area contributed by atoms with E-state index < -0.39 is 65.2 Å². The van der Waals surface area contributed by atoms with E-state index in [1.54, 1.807) is 99.6 Å². The van der Waals surface area contributed by atoms with E-state index in [0.29, 0.717) is 16.0 Å². The molecule has 1 saturated heterocycles. The molecule has 0 aromatic heterocycles. The summed E-state index contributed by atoms with van der Waals surface area (Å²) in [5.74, 6) is -5.85. The fraction of sp³-hybridized carbons (Fsp3) is 0.282. The molecule has 9 nitrogen and oxygen atoms in total. The van der Waals surface area contributed by atoms with Gasteiger partial charge < -0.3 is 14.4 Å². The predicted octanol–water partition coefficient (Wildman–Crippen LogP) is 6.54. The Morgan fingerprint density at radius 3 is 1.90 bits per heavy atom. The summed E-state index contributed by atoms with van der Waals surface area (Å²) in [4.78, 5) is 61.0. The summed E-state index contributed by atoms with van der Waals surface area (Å²) < 4.78 is 57.8. The van der Waals surface area contributed by atoms with E-state index in [-0.39, 0.29) is 29.0 Å². The van der Waals surface area contributed by atoms with Gasteiger partial charge in [-0.3, -0.25) is 19.7 Å². The zero-order chi connectivity index (χ0) is 36.3. The van der Waals surface area contributed by atoms with Gasteiger partial charge >= 0.3 is 18.2 Å². The number of halogens is 3. The van der Waals surface area contributed by atoms with E-state index >= 15 is 22.8 Å². The number of carbonyl (C=O) groups is 4. The van der Waals surface area contributed by atoms with Crippen molar-refractivity contribution in [2.75, 3.05) is 9.80 Å². The number of imide groups is 1. The number of ether oxygens (including phenoxy) is 2. The minimum atomic E-state index is -5.18. The number of hydrogen-bond acceptors (Lipinski definition) is 7. The topological polar surface area (TPSA) is 105 Å². The van der Waals surface area contributed by atoms with Crippen LogP contribution in [0.5, 0.6) is 0 Å². The van der Waals surface area contributed by atoms with Gasteiger partial charge in [0, 0.05) is 11.3 Å². The lowest BCUT2D eigenvalue weighted by molar-refractivity contribution is -0.180. The molecule has 4 aromatic rings.